The fourth-order valence-corrected chi connectivity index (χ4v) is 3.68. The van der Waals surface area contributed by atoms with E-state index in [0.717, 1.165) is 4.52 Å². The van der Waals surface area contributed by atoms with E-state index in [1.54, 1.807) is 24.3 Å². The van der Waals surface area contributed by atoms with E-state index in [0.29, 0.717) is 55.3 Å². The maximum absolute atomic E-state index is 13.1. The Kier molecular flexibility index (Phi) is 4.58. The molecule has 160 valence electrons. The molecule has 1 N–H and O–H groups in total. The molecule has 0 saturated carbocycles. The number of para-hydroxylation sites is 1. The molecule has 12 heteroatoms. The molecule has 1 aliphatic heterocycles. The summed E-state index contributed by atoms with van der Waals surface area (Å²) in [4.78, 5) is 23.6. The maximum Gasteiger partial charge on any atom is 0.453 e. The van der Waals surface area contributed by atoms with Gasteiger partial charge in [-0.05, 0) is 24.3 Å². The molecule has 9 nitrogen and oxygen atoms in total. The van der Waals surface area contributed by atoms with Crippen molar-refractivity contribution in [3.05, 3.63) is 58.4 Å². The van der Waals surface area contributed by atoms with Gasteiger partial charge in [-0.15, -0.1) is 15.3 Å². The number of hydrogen-bond acceptors (Lipinski definition) is 7. The summed E-state index contributed by atoms with van der Waals surface area (Å²) in [5.74, 6) is -0.139. The highest BCUT2D eigenvalue weighted by atomic mass is 19.4. The number of aromatic nitrogens is 6. The Morgan fingerprint density at radius 3 is 2.55 bits per heavy atom. The lowest BCUT2D eigenvalue weighted by Gasteiger charge is -2.35. The number of benzene rings is 1. The molecule has 0 spiro atoms. The van der Waals surface area contributed by atoms with Gasteiger partial charge in [0.25, 0.3) is 11.4 Å². The van der Waals surface area contributed by atoms with Crippen molar-refractivity contribution in [2.45, 2.75) is 12.7 Å². The molecular formula is C19H17F3N8O. The van der Waals surface area contributed by atoms with Gasteiger partial charge in [0.15, 0.2) is 5.65 Å². The zero-order valence-electron chi connectivity index (χ0n) is 16.2. The largest absolute Gasteiger partial charge is 0.453 e. The summed E-state index contributed by atoms with van der Waals surface area (Å²) in [6, 6.07) is 10.3. The minimum Gasteiger partial charge on any atom is -0.353 e. The number of fused-ring (bicyclic) bond motifs is 2. The molecule has 0 unspecified atom stereocenters. The normalized spacial score (nSPS) is 15.8. The minimum atomic E-state index is -4.63. The molecule has 5 rings (SSSR count). The van der Waals surface area contributed by atoms with Gasteiger partial charge < -0.3 is 9.88 Å². The Hall–Kier alpha value is -3.54. The Balaban J connectivity index is 1.30. The zero-order valence-corrected chi connectivity index (χ0v) is 16.2. The van der Waals surface area contributed by atoms with Crippen molar-refractivity contribution in [1.29, 1.82) is 0 Å². The van der Waals surface area contributed by atoms with E-state index < -0.39 is 12.0 Å². The summed E-state index contributed by atoms with van der Waals surface area (Å²) in [6.45, 7) is 2.90. The van der Waals surface area contributed by atoms with Gasteiger partial charge in [-0.3, -0.25) is 9.69 Å². The average molecular weight is 430 g/mol. The number of rotatable bonds is 3. The highest BCUT2D eigenvalue weighted by Crippen LogP contribution is 2.28. The first-order valence-corrected chi connectivity index (χ1v) is 9.63. The van der Waals surface area contributed by atoms with Crippen LogP contribution in [0, 0.1) is 0 Å². The van der Waals surface area contributed by atoms with E-state index in [-0.39, 0.29) is 11.2 Å². The average Bonchev–Trinajstić information content (AvgIpc) is 3.18. The minimum absolute atomic E-state index is 0.0426. The van der Waals surface area contributed by atoms with Crippen LogP contribution in [0.15, 0.2) is 41.2 Å². The SMILES string of the molecule is O=c1[nH]c(CN2CCN(c3ccc4nnc(C(F)(F)F)n4n3)CC2)nc2ccccc12. The van der Waals surface area contributed by atoms with Crippen LogP contribution in [-0.2, 0) is 12.7 Å². The predicted molar refractivity (Wildman–Crippen MR) is 106 cm³/mol. The summed E-state index contributed by atoms with van der Waals surface area (Å²) in [5.41, 5.74) is 0.513. The molecule has 0 aliphatic carbocycles. The van der Waals surface area contributed by atoms with Crippen LogP contribution in [0.4, 0.5) is 19.0 Å². The number of aromatic amines is 1. The van der Waals surface area contributed by atoms with E-state index in [4.69, 9.17) is 0 Å². The van der Waals surface area contributed by atoms with Crippen LogP contribution in [-0.4, -0.2) is 60.9 Å². The number of H-pyrrole nitrogens is 1. The number of anilines is 1. The van der Waals surface area contributed by atoms with Crippen molar-refractivity contribution >= 4 is 22.4 Å². The number of nitrogens with one attached hydrogen (secondary N) is 1. The second kappa shape index (κ2) is 7.30. The number of halogens is 3. The second-order valence-corrected chi connectivity index (χ2v) is 7.28. The van der Waals surface area contributed by atoms with Gasteiger partial charge in [-0.2, -0.15) is 17.7 Å². The van der Waals surface area contributed by atoms with E-state index in [2.05, 4.69) is 30.2 Å². The first-order chi connectivity index (χ1) is 14.9. The molecule has 31 heavy (non-hydrogen) atoms. The second-order valence-electron chi connectivity index (χ2n) is 7.28. The third-order valence-electron chi connectivity index (χ3n) is 5.23. The Bertz CT molecular complexity index is 1310. The maximum atomic E-state index is 13.1. The molecule has 1 aliphatic rings. The predicted octanol–water partition coefficient (Wildman–Crippen LogP) is 1.70. The molecule has 0 bridgehead atoms. The lowest BCUT2D eigenvalue weighted by atomic mass is 10.2. The van der Waals surface area contributed by atoms with E-state index in [1.165, 1.54) is 6.07 Å². The molecule has 4 heterocycles. The molecule has 1 aromatic carbocycles. The van der Waals surface area contributed by atoms with Gasteiger partial charge in [0.1, 0.15) is 11.6 Å². The number of alkyl halides is 3. The number of nitrogens with zero attached hydrogens (tertiary/aromatic N) is 7. The molecular weight excluding hydrogens is 413 g/mol. The standard InChI is InChI=1S/C19H17F3N8O/c20-19(21,22)18-26-25-15-5-6-16(27-30(15)18)29-9-7-28(8-10-29)11-14-23-13-4-2-1-3-12(13)17(31)24-14/h1-6H,7-11H2,(H,23,24,31). The molecule has 0 atom stereocenters. The van der Waals surface area contributed by atoms with Crippen LogP contribution in [0.2, 0.25) is 0 Å². The van der Waals surface area contributed by atoms with E-state index in [9.17, 15) is 18.0 Å². The quantitative estimate of drug-likeness (QED) is 0.529. The zero-order chi connectivity index (χ0) is 21.6. The summed E-state index contributed by atoms with van der Waals surface area (Å²) in [6.07, 6.45) is -4.63. The van der Waals surface area contributed by atoms with Gasteiger partial charge in [-0.1, -0.05) is 12.1 Å². The molecule has 0 amide bonds. The fraction of sp³-hybridized carbons (Fsp3) is 0.316. The molecule has 1 saturated heterocycles. The molecule has 3 aromatic heterocycles. The molecule has 1 fully saturated rings. The van der Waals surface area contributed by atoms with Gasteiger partial charge in [0.2, 0.25) is 0 Å². The van der Waals surface area contributed by atoms with Crippen molar-refractivity contribution in [3.8, 4) is 0 Å². The third kappa shape index (κ3) is 3.69. The van der Waals surface area contributed by atoms with Crippen LogP contribution in [0.5, 0.6) is 0 Å². The Morgan fingerprint density at radius 1 is 1.00 bits per heavy atom. The topological polar surface area (TPSA) is 95.3 Å². The van der Waals surface area contributed by atoms with Gasteiger partial charge in [0.05, 0.1) is 17.4 Å². The molecule has 0 radical (unpaired) electrons. The van der Waals surface area contributed by atoms with Crippen LogP contribution in [0.3, 0.4) is 0 Å². The highest BCUT2D eigenvalue weighted by molar-refractivity contribution is 5.77. The first kappa shape index (κ1) is 19.4. The number of piperazine rings is 1. The molecule has 4 aromatic rings. The summed E-state index contributed by atoms with van der Waals surface area (Å²) in [5, 5.41) is 11.4. The lowest BCUT2D eigenvalue weighted by Crippen LogP contribution is -2.46. The van der Waals surface area contributed by atoms with Crippen LogP contribution < -0.4 is 10.5 Å². The highest BCUT2D eigenvalue weighted by Gasteiger charge is 2.37. The Morgan fingerprint density at radius 2 is 1.77 bits per heavy atom. The van der Waals surface area contributed by atoms with E-state index >= 15 is 0 Å². The third-order valence-corrected chi connectivity index (χ3v) is 5.23. The van der Waals surface area contributed by atoms with Crippen molar-refractivity contribution in [2.75, 3.05) is 31.1 Å². The lowest BCUT2D eigenvalue weighted by molar-refractivity contribution is -0.146. The van der Waals surface area contributed by atoms with Crippen molar-refractivity contribution in [3.63, 3.8) is 0 Å². The van der Waals surface area contributed by atoms with Gasteiger partial charge in [-0.25, -0.2) is 4.98 Å². The van der Waals surface area contributed by atoms with E-state index in [1.807, 2.05) is 11.0 Å². The summed E-state index contributed by atoms with van der Waals surface area (Å²) < 4.78 is 40.0. The van der Waals surface area contributed by atoms with Crippen LogP contribution in [0.25, 0.3) is 16.6 Å². The van der Waals surface area contributed by atoms with Crippen molar-refractivity contribution in [2.24, 2.45) is 0 Å². The first-order valence-electron chi connectivity index (χ1n) is 9.63. The van der Waals surface area contributed by atoms with Gasteiger partial charge >= 0.3 is 6.18 Å². The van der Waals surface area contributed by atoms with Crippen LogP contribution in [0.1, 0.15) is 11.6 Å². The van der Waals surface area contributed by atoms with Crippen molar-refractivity contribution in [1.82, 2.24) is 34.7 Å². The monoisotopic (exact) mass is 430 g/mol. The smallest absolute Gasteiger partial charge is 0.353 e. The van der Waals surface area contributed by atoms with Gasteiger partial charge in [0, 0.05) is 26.2 Å². The Labute approximate surface area is 173 Å². The van der Waals surface area contributed by atoms with Crippen molar-refractivity contribution < 1.29 is 13.2 Å². The number of hydrogen-bond donors (Lipinski definition) is 1. The summed E-state index contributed by atoms with van der Waals surface area (Å²) in [7, 11) is 0. The summed E-state index contributed by atoms with van der Waals surface area (Å²) >= 11 is 0. The fourth-order valence-electron chi connectivity index (χ4n) is 3.68. The van der Waals surface area contributed by atoms with Crippen LogP contribution >= 0.6 is 0 Å².